The molecule has 0 radical (unpaired) electrons. The van der Waals surface area contributed by atoms with Crippen LogP contribution in [0, 0.1) is 5.82 Å². The second kappa shape index (κ2) is 7.56. The van der Waals surface area contributed by atoms with Crippen LogP contribution in [-0.2, 0) is 0 Å². The second-order valence-corrected chi connectivity index (χ2v) is 7.79. The first-order valence-corrected chi connectivity index (χ1v) is 9.91. The number of thiazole rings is 2. The van der Waals surface area contributed by atoms with Crippen molar-refractivity contribution in [2.24, 2.45) is 0 Å². The summed E-state index contributed by atoms with van der Waals surface area (Å²) in [4.78, 5) is 21.7. The zero-order chi connectivity index (χ0) is 18.8. The maximum atomic E-state index is 13.1. The summed E-state index contributed by atoms with van der Waals surface area (Å²) in [7, 11) is 0. The summed E-state index contributed by atoms with van der Waals surface area (Å²) in [6.45, 7) is 0. The van der Waals surface area contributed by atoms with Crippen molar-refractivity contribution in [3.05, 3.63) is 76.0 Å². The van der Waals surface area contributed by atoms with E-state index in [0.29, 0.717) is 25.6 Å². The van der Waals surface area contributed by atoms with Gasteiger partial charge in [0.05, 0.1) is 16.7 Å². The molecule has 4 nitrogen and oxygen atoms in total. The van der Waals surface area contributed by atoms with Crippen molar-refractivity contribution in [3.63, 3.8) is 0 Å². The predicted molar refractivity (Wildman–Crippen MR) is 108 cm³/mol. The highest BCUT2D eigenvalue weighted by Crippen LogP contribution is 2.33. The monoisotopic (exact) mass is 415 g/mol. The minimum Gasteiger partial charge on any atom is -0.311 e. The lowest BCUT2D eigenvalue weighted by Crippen LogP contribution is -2.09. The van der Waals surface area contributed by atoms with E-state index in [2.05, 4.69) is 15.3 Å². The van der Waals surface area contributed by atoms with E-state index >= 15 is 0 Å². The lowest BCUT2D eigenvalue weighted by Gasteiger charge is -2.04. The summed E-state index contributed by atoms with van der Waals surface area (Å²) in [5.41, 5.74) is 3.75. The highest BCUT2D eigenvalue weighted by atomic mass is 35.5. The molecule has 4 rings (SSSR count). The smallest absolute Gasteiger partial charge is 0.268 e. The van der Waals surface area contributed by atoms with Crippen molar-refractivity contribution in [2.75, 3.05) is 5.32 Å². The fourth-order valence-corrected chi connectivity index (χ4v) is 4.28. The van der Waals surface area contributed by atoms with Crippen molar-refractivity contribution >= 4 is 45.2 Å². The Hall–Kier alpha value is -2.61. The number of halogens is 2. The number of benzene rings is 2. The summed E-state index contributed by atoms with van der Waals surface area (Å²) >= 11 is 8.76. The van der Waals surface area contributed by atoms with Crippen LogP contribution in [0.2, 0.25) is 5.02 Å². The normalized spacial score (nSPS) is 10.7. The van der Waals surface area contributed by atoms with E-state index in [4.69, 9.17) is 11.6 Å². The highest BCUT2D eigenvalue weighted by Gasteiger charge is 2.17. The molecule has 0 unspecified atom stereocenters. The summed E-state index contributed by atoms with van der Waals surface area (Å²) in [5.74, 6) is -0.602. The number of hydrogen-bond donors (Lipinski definition) is 1. The summed E-state index contributed by atoms with van der Waals surface area (Å²) in [6.07, 6.45) is 1.53. The number of carbonyl (C=O) groups is 1. The Labute approximate surface area is 167 Å². The standard InChI is InChI=1S/C19H11ClFN3OS2/c20-14-4-2-1-3-13(14)18-22-9-15(27-18)17(25)24-19-16(23-10-26-19)11-5-7-12(21)8-6-11/h1-10H,(H,24,25). The average molecular weight is 416 g/mol. The van der Waals surface area contributed by atoms with Crippen molar-refractivity contribution in [3.8, 4) is 21.8 Å². The quantitative estimate of drug-likeness (QED) is 0.446. The molecule has 0 bridgehead atoms. The highest BCUT2D eigenvalue weighted by molar-refractivity contribution is 7.17. The van der Waals surface area contributed by atoms with Gasteiger partial charge in [-0.1, -0.05) is 29.8 Å². The lowest BCUT2D eigenvalue weighted by atomic mass is 10.1. The molecule has 2 heterocycles. The molecule has 0 saturated heterocycles. The number of rotatable bonds is 4. The molecule has 1 N–H and O–H groups in total. The van der Waals surface area contributed by atoms with Crippen LogP contribution in [0.3, 0.4) is 0 Å². The molecule has 134 valence electrons. The van der Waals surface area contributed by atoms with Gasteiger partial charge in [-0.2, -0.15) is 0 Å². The molecule has 0 fully saturated rings. The molecular formula is C19H11ClFN3OS2. The van der Waals surface area contributed by atoms with Crippen LogP contribution in [0.25, 0.3) is 21.8 Å². The van der Waals surface area contributed by atoms with E-state index in [1.807, 2.05) is 18.2 Å². The molecule has 0 aliphatic heterocycles. The molecule has 8 heteroatoms. The van der Waals surface area contributed by atoms with E-state index < -0.39 is 0 Å². The molecule has 0 aliphatic carbocycles. The third-order valence-corrected chi connectivity index (χ3v) is 5.85. The van der Waals surface area contributed by atoms with Crippen LogP contribution in [0.5, 0.6) is 0 Å². The van der Waals surface area contributed by atoms with Crippen LogP contribution in [0.15, 0.2) is 60.2 Å². The van der Waals surface area contributed by atoms with E-state index in [1.165, 1.54) is 41.0 Å². The van der Waals surface area contributed by atoms with Gasteiger partial charge in [-0.05, 0) is 30.3 Å². The Bertz CT molecular complexity index is 1110. The van der Waals surface area contributed by atoms with Crippen LogP contribution >= 0.6 is 34.3 Å². The first-order valence-electron chi connectivity index (χ1n) is 7.83. The molecule has 1 amide bonds. The van der Waals surface area contributed by atoms with Gasteiger partial charge < -0.3 is 5.32 Å². The first kappa shape index (κ1) is 17.8. The number of hydrogen-bond acceptors (Lipinski definition) is 5. The zero-order valence-corrected chi connectivity index (χ0v) is 16.0. The van der Waals surface area contributed by atoms with Crippen LogP contribution < -0.4 is 5.32 Å². The molecule has 27 heavy (non-hydrogen) atoms. The summed E-state index contributed by atoms with van der Waals surface area (Å²) in [5, 5.41) is 4.71. The summed E-state index contributed by atoms with van der Waals surface area (Å²) < 4.78 is 13.1. The zero-order valence-electron chi connectivity index (χ0n) is 13.6. The van der Waals surface area contributed by atoms with Crippen molar-refractivity contribution in [1.82, 2.24) is 9.97 Å². The van der Waals surface area contributed by atoms with Crippen LogP contribution in [0.1, 0.15) is 9.67 Å². The predicted octanol–water partition coefficient (Wildman–Crippen LogP) is 5.98. The van der Waals surface area contributed by atoms with Gasteiger partial charge in [0.2, 0.25) is 0 Å². The number of nitrogens with one attached hydrogen (secondary N) is 1. The van der Waals surface area contributed by atoms with Crippen molar-refractivity contribution in [1.29, 1.82) is 0 Å². The van der Waals surface area contributed by atoms with Gasteiger partial charge >= 0.3 is 0 Å². The van der Waals surface area contributed by atoms with Gasteiger partial charge in [-0.3, -0.25) is 4.79 Å². The van der Waals surface area contributed by atoms with E-state index in [9.17, 15) is 9.18 Å². The molecule has 4 aromatic rings. The summed E-state index contributed by atoms with van der Waals surface area (Å²) in [6, 6.07) is 13.3. The van der Waals surface area contributed by atoms with Gasteiger partial charge in [-0.25, -0.2) is 14.4 Å². The Morgan fingerprint density at radius 1 is 1.07 bits per heavy atom. The number of carbonyl (C=O) groups excluding carboxylic acids is 1. The fourth-order valence-electron chi connectivity index (χ4n) is 2.45. The van der Waals surface area contributed by atoms with Gasteiger partial charge in [-0.15, -0.1) is 22.7 Å². The van der Waals surface area contributed by atoms with E-state index in [-0.39, 0.29) is 11.7 Å². The Morgan fingerprint density at radius 3 is 2.63 bits per heavy atom. The number of aromatic nitrogens is 2. The molecule has 0 spiro atoms. The molecule has 2 aromatic carbocycles. The van der Waals surface area contributed by atoms with Crippen LogP contribution in [-0.4, -0.2) is 15.9 Å². The van der Waals surface area contributed by atoms with Gasteiger partial charge in [0.1, 0.15) is 26.4 Å². The third-order valence-electron chi connectivity index (χ3n) is 3.75. The molecule has 0 aliphatic rings. The van der Waals surface area contributed by atoms with Crippen molar-refractivity contribution in [2.45, 2.75) is 0 Å². The first-order chi connectivity index (χ1) is 13.1. The average Bonchev–Trinajstić information content (AvgIpc) is 3.32. The molecular weight excluding hydrogens is 405 g/mol. The fraction of sp³-hybridized carbons (Fsp3) is 0. The van der Waals surface area contributed by atoms with Crippen LogP contribution in [0.4, 0.5) is 9.39 Å². The molecule has 2 aromatic heterocycles. The maximum absolute atomic E-state index is 13.1. The Kier molecular flexibility index (Phi) is 4.98. The minimum absolute atomic E-state index is 0.279. The topological polar surface area (TPSA) is 54.9 Å². The maximum Gasteiger partial charge on any atom is 0.268 e. The molecule has 0 atom stereocenters. The largest absolute Gasteiger partial charge is 0.311 e. The van der Waals surface area contributed by atoms with E-state index in [0.717, 1.165) is 11.1 Å². The SMILES string of the molecule is O=C(Nc1scnc1-c1ccc(F)cc1)c1cnc(-c2ccccc2Cl)s1. The van der Waals surface area contributed by atoms with E-state index in [1.54, 1.807) is 23.7 Å². The number of anilines is 1. The minimum atomic E-state index is -0.323. The van der Waals surface area contributed by atoms with Gasteiger partial charge in [0, 0.05) is 11.1 Å². The number of nitrogens with zero attached hydrogens (tertiary/aromatic N) is 2. The Morgan fingerprint density at radius 2 is 1.85 bits per heavy atom. The third kappa shape index (κ3) is 3.75. The van der Waals surface area contributed by atoms with Crippen molar-refractivity contribution < 1.29 is 9.18 Å². The van der Waals surface area contributed by atoms with Gasteiger partial charge in [0.25, 0.3) is 5.91 Å². The van der Waals surface area contributed by atoms with Gasteiger partial charge in [0.15, 0.2) is 0 Å². The lowest BCUT2D eigenvalue weighted by molar-refractivity contribution is 0.103. The molecule has 0 saturated carbocycles. The second-order valence-electron chi connectivity index (χ2n) is 5.50. The Balaban J connectivity index is 1.57. The number of amides is 1.